The van der Waals surface area contributed by atoms with E-state index < -0.39 is 17.5 Å². The van der Waals surface area contributed by atoms with E-state index in [9.17, 15) is 14.4 Å². The third-order valence-corrected chi connectivity index (χ3v) is 4.83. The van der Waals surface area contributed by atoms with Gasteiger partial charge >= 0.3 is 12.1 Å². The van der Waals surface area contributed by atoms with Crippen LogP contribution < -0.4 is 5.43 Å². The number of ether oxygens (including phenoxy) is 3. The highest BCUT2D eigenvalue weighted by Crippen LogP contribution is 2.16. The lowest BCUT2D eigenvalue weighted by atomic mass is 10.2. The number of furan rings is 1. The monoisotopic (exact) mass is 418 g/mol. The zero-order valence-electron chi connectivity index (χ0n) is 16.5. The minimum atomic E-state index is -0.705. The number of aromatic amines is 1. The highest BCUT2D eigenvalue weighted by molar-refractivity contribution is 5.94. The van der Waals surface area contributed by atoms with Gasteiger partial charge < -0.3 is 23.6 Å². The standard InChI is InChI=1S/C19H22N4O7/c1-2-28-18(25)15-9-20-17-14(16(15)24)7-12(29-17)8-21-23-11-13(30-19(23)26)10-22-3-5-27-6-4-22/h7-9,13H,2-6,10-11H2,1H3,(H,20,24)/b21-8+/t13-/m0/s1. The number of pyridine rings is 1. The number of carbonyl (C=O) groups is 2. The van der Waals surface area contributed by atoms with Crippen molar-refractivity contribution in [2.75, 3.05) is 46.0 Å². The topological polar surface area (TPSA) is 127 Å². The lowest BCUT2D eigenvalue weighted by molar-refractivity contribution is 0.0188. The Morgan fingerprint density at radius 3 is 2.93 bits per heavy atom. The molecule has 0 bridgehead atoms. The van der Waals surface area contributed by atoms with Gasteiger partial charge in [0, 0.05) is 25.8 Å². The van der Waals surface area contributed by atoms with Gasteiger partial charge in [0.15, 0.2) is 0 Å². The number of fused-ring (bicyclic) bond motifs is 1. The summed E-state index contributed by atoms with van der Waals surface area (Å²) in [4.78, 5) is 41.3. The van der Waals surface area contributed by atoms with Crippen molar-refractivity contribution in [2.45, 2.75) is 13.0 Å². The van der Waals surface area contributed by atoms with E-state index in [0.29, 0.717) is 26.3 Å². The summed E-state index contributed by atoms with van der Waals surface area (Å²) in [5, 5.41) is 5.52. The molecular formula is C19H22N4O7. The minimum Gasteiger partial charge on any atom is -0.462 e. The fourth-order valence-electron chi connectivity index (χ4n) is 3.35. The van der Waals surface area contributed by atoms with Crippen LogP contribution in [-0.4, -0.2) is 85.3 Å². The number of hydrazone groups is 1. The van der Waals surface area contributed by atoms with Crippen LogP contribution in [0.25, 0.3) is 11.1 Å². The van der Waals surface area contributed by atoms with Crippen LogP contribution in [0, 0.1) is 0 Å². The molecule has 4 rings (SSSR count). The molecule has 1 amide bonds. The SMILES string of the molecule is CCOC(=O)c1c[nH]c2oc(/C=N/N3C[C@H](CN4CCOCC4)OC3=O)cc2c1=O. The average molecular weight is 418 g/mol. The second-order valence-electron chi connectivity index (χ2n) is 6.89. The Hall–Kier alpha value is -3.18. The fourth-order valence-corrected chi connectivity index (χ4v) is 3.35. The normalized spacial score (nSPS) is 20.2. The highest BCUT2D eigenvalue weighted by Gasteiger charge is 2.32. The molecule has 30 heavy (non-hydrogen) atoms. The molecule has 2 aliphatic rings. The van der Waals surface area contributed by atoms with E-state index in [1.807, 2.05) is 0 Å². The number of H-pyrrole nitrogens is 1. The van der Waals surface area contributed by atoms with Crippen LogP contribution in [0.4, 0.5) is 4.79 Å². The molecular weight excluding hydrogens is 396 g/mol. The van der Waals surface area contributed by atoms with Crippen LogP contribution in [-0.2, 0) is 14.2 Å². The summed E-state index contributed by atoms with van der Waals surface area (Å²) in [7, 11) is 0. The van der Waals surface area contributed by atoms with Gasteiger partial charge in [-0.15, -0.1) is 0 Å². The molecule has 0 radical (unpaired) electrons. The number of rotatable bonds is 6. The first-order valence-electron chi connectivity index (χ1n) is 9.69. The van der Waals surface area contributed by atoms with Crippen molar-refractivity contribution in [3.63, 3.8) is 0 Å². The molecule has 4 heterocycles. The quantitative estimate of drug-likeness (QED) is 0.539. The molecule has 2 aliphatic heterocycles. The molecule has 0 aromatic carbocycles. The first-order valence-corrected chi connectivity index (χ1v) is 9.69. The molecule has 2 saturated heterocycles. The maximum atomic E-state index is 12.5. The van der Waals surface area contributed by atoms with E-state index in [0.717, 1.165) is 13.1 Å². The zero-order chi connectivity index (χ0) is 21.1. The second-order valence-corrected chi connectivity index (χ2v) is 6.89. The summed E-state index contributed by atoms with van der Waals surface area (Å²) >= 11 is 0. The largest absolute Gasteiger partial charge is 0.462 e. The van der Waals surface area contributed by atoms with Crippen molar-refractivity contribution in [1.29, 1.82) is 0 Å². The third kappa shape index (κ3) is 4.21. The smallest absolute Gasteiger partial charge is 0.430 e. The van der Waals surface area contributed by atoms with E-state index >= 15 is 0 Å². The van der Waals surface area contributed by atoms with Crippen molar-refractivity contribution in [3.8, 4) is 0 Å². The summed E-state index contributed by atoms with van der Waals surface area (Å²) in [5.41, 5.74) is -0.414. The van der Waals surface area contributed by atoms with Crippen LogP contribution in [0.15, 0.2) is 26.6 Å². The molecule has 1 N–H and O–H groups in total. The molecule has 11 heteroatoms. The number of nitrogens with zero attached hydrogens (tertiary/aromatic N) is 3. The van der Waals surface area contributed by atoms with Crippen LogP contribution >= 0.6 is 0 Å². The molecule has 1 atom stereocenters. The average Bonchev–Trinajstić information content (AvgIpc) is 3.31. The Morgan fingerprint density at radius 2 is 2.17 bits per heavy atom. The van der Waals surface area contributed by atoms with Crippen LogP contribution in [0.5, 0.6) is 0 Å². The van der Waals surface area contributed by atoms with Crippen molar-refractivity contribution in [3.05, 3.63) is 33.8 Å². The van der Waals surface area contributed by atoms with Gasteiger partial charge in [-0.25, -0.2) is 9.59 Å². The summed E-state index contributed by atoms with van der Waals surface area (Å²) in [5.74, 6) is -0.452. The third-order valence-electron chi connectivity index (χ3n) is 4.83. The Labute approximate surface area is 171 Å². The molecule has 0 aliphatic carbocycles. The molecule has 11 nitrogen and oxygen atoms in total. The van der Waals surface area contributed by atoms with Crippen molar-refractivity contribution < 1.29 is 28.2 Å². The van der Waals surface area contributed by atoms with Crippen molar-refractivity contribution >= 4 is 29.4 Å². The second kappa shape index (κ2) is 8.67. The Balaban J connectivity index is 1.44. The van der Waals surface area contributed by atoms with Gasteiger partial charge in [-0.1, -0.05) is 0 Å². The molecule has 0 saturated carbocycles. The van der Waals surface area contributed by atoms with Gasteiger partial charge in [-0.2, -0.15) is 10.1 Å². The lowest BCUT2D eigenvalue weighted by Gasteiger charge is -2.27. The Kier molecular flexibility index (Phi) is 5.81. The number of aromatic nitrogens is 1. The van der Waals surface area contributed by atoms with Gasteiger partial charge in [0.2, 0.25) is 11.1 Å². The first-order chi connectivity index (χ1) is 14.5. The number of esters is 1. The van der Waals surface area contributed by atoms with Crippen LogP contribution in [0.3, 0.4) is 0 Å². The maximum absolute atomic E-state index is 12.5. The molecule has 160 valence electrons. The van der Waals surface area contributed by atoms with Crippen LogP contribution in [0.1, 0.15) is 23.0 Å². The molecule has 2 fully saturated rings. The van der Waals surface area contributed by atoms with Gasteiger partial charge in [0.05, 0.1) is 38.0 Å². The van der Waals surface area contributed by atoms with Gasteiger partial charge in [-0.05, 0) is 13.0 Å². The Bertz CT molecular complexity index is 1020. The predicted molar refractivity (Wildman–Crippen MR) is 105 cm³/mol. The maximum Gasteiger partial charge on any atom is 0.430 e. The van der Waals surface area contributed by atoms with E-state index in [2.05, 4.69) is 15.0 Å². The number of nitrogens with one attached hydrogen (secondary N) is 1. The molecule has 2 aromatic rings. The zero-order valence-corrected chi connectivity index (χ0v) is 16.5. The molecule has 0 unspecified atom stereocenters. The highest BCUT2D eigenvalue weighted by atomic mass is 16.6. The molecule has 0 spiro atoms. The van der Waals surface area contributed by atoms with Crippen molar-refractivity contribution in [2.24, 2.45) is 5.10 Å². The van der Waals surface area contributed by atoms with E-state index in [4.69, 9.17) is 18.6 Å². The summed E-state index contributed by atoms with van der Waals surface area (Å²) < 4.78 is 21.1. The van der Waals surface area contributed by atoms with E-state index in [1.165, 1.54) is 23.5 Å². The number of hydrogen-bond donors (Lipinski definition) is 1. The lowest BCUT2D eigenvalue weighted by Crippen LogP contribution is -2.41. The summed E-state index contributed by atoms with van der Waals surface area (Å²) in [6.45, 7) is 5.71. The number of hydrogen-bond acceptors (Lipinski definition) is 9. The number of cyclic esters (lactones) is 1. The predicted octanol–water partition coefficient (Wildman–Crippen LogP) is 0.785. The molecule has 2 aromatic heterocycles. The Morgan fingerprint density at radius 1 is 1.37 bits per heavy atom. The van der Waals surface area contributed by atoms with Gasteiger partial charge in [0.1, 0.15) is 17.4 Å². The van der Waals surface area contributed by atoms with E-state index in [-0.39, 0.29) is 35.1 Å². The summed E-state index contributed by atoms with van der Waals surface area (Å²) in [6.07, 6.45) is 1.76. The number of carbonyl (C=O) groups excluding carboxylic acids is 2. The van der Waals surface area contributed by atoms with Crippen LogP contribution in [0.2, 0.25) is 0 Å². The minimum absolute atomic E-state index is 0.109. The number of morpholine rings is 1. The van der Waals surface area contributed by atoms with Crippen molar-refractivity contribution in [1.82, 2.24) is 14.9 Å². The van der Waals surface area contributed by atoms with Gasteiger partial charge in [0.25, 0.3) is 0 Å². The number of amides is 1. The summed E-state index contributed by atoms with van der Waals surface area (Å²) in [6, 6.07) is 1.45. The van der Waals surface area contributed by atoms with E-state index in [1.54, 1.807) is 6.92 Å². The first kappa shape index (κ1) is 20.1. The van der Waals surface area contributed by atoms with Gasteiger partial charge in [-0.3, -0.25) is 9.69 Å². The fraction of sp³-hybridized carbons (Fsp3) is 0.474.